The molecule has 1 aliphatic heterocycles. The van der Waals surface area contributed by atoms with Crippen molar-refractivity contribution in [2.24, 2.45) is 0 Å². The first kappa shape index (κ1) is 11.0. The Morgan fingerprint density at radius 2 is 2.33 bits per heavy atom. The second-order valence-electron chi connectivity index (χ2n) is 4.38. The lowest BCUT2D eigenvalue weighted by molar-refractivity contribution is -0.136. The van der Waals surface area contributed by atoms with Gasteiger partial charge in [0.25, 0.3) is 0 Å². The summed E-state index contributed by atoms with van der Waals surface area (Å²) in [7, 11) is 0. The van der Waals surface area contributed by atoms with Gasteiger partial charge in [-0.3, -0.25) is 14.5 Å². The van der Waals surface area contributed by atoms with E-state index in [9.17, 15) is 4.79 Å². The summed E-state index contributed by atoms with van der Waals surface area (Å²) in [5.74, 6) is -0.857. The van der Waals surface area contributed by atoms with Crippen molar-refractivity contribution in [3.05, 3.63) is 35.8 Å². The number of hydrogen-bond donors (Lipinski definition) is 1. The molecule has 1 N–H and O–H groups in total. The minimum atomic E-state index is -0.857. The van der Waals surface area contributed by atoms with E-state index in [1.54, 1.807) is 6.20 Å². The quantitative estimate of drug-likeness (QED) is 0.887. The van der Waals surface area contributed by atoms with Gasteiger partial charge in [-0.2, -0.15) is 5.10 Å². The molecule has 0 unspecified atom stereocenters. The van der Waals surface area contributed by atoms with Gasteiger partial charge >= 0.3 is 5.97 Å². The van der Waals surface area contributed by atoms with Crippen LogP contribution in [0.4, 0.5) is 0 Å². The van der Waals surface area contributed by atoms with Crippen LogP contribution in [0.15, 0.2) is 24.4 Å². The lowest BCUT2D eigenvalue weighted by Gasteiger charge is -2.02. The molecule has 0 atom stereocenters. The van der Waals surface area contributed by atoms with Crippen LogP contribution in [0.3, 0.4) is 0 Å². The van der Waals surface area contributed by atoms with E-state index >= 15 is 0 Å². The number of aliphatic carboxylic acids is 1. The van der Waals surface area contributed by atoms with Crippen LogP contribution in [0.1, 0.15) is 17.8 Å². The van der Waals surface area contributed by atoms with Crippen molar-refractivity contribution in [3.8, 4) is 11.3 Å². The molecule has 5 heteroatoms. The van der Waals surface area contributed by atoms with Crippen LogP contribution in [0, 0.1) is 0 Å². The average Bonchev–Trinajstić information content (AvgIpc) is 2.89. The number of nitrogens with zero attached hydrogens (tertiary/aromatic N) is 3. The summed E-state index contributed by atoms with van der Waals surface area (Å²) >= 11 is 0. The molecule has 92 valence electrons. The normalized spacial score (nSPS) is 13.6. The Morgan fingerprint density at radius 1 is 1.44 bits per heavy atom. The number of carbonyl (C=O) groups is 1. The monoisotopic (exact) mass is 243 g/mol. The van der Waals surface area contributed by atoms with Crippen molar-refractivity contribution in [1.82, 2.24) is 14.8 Å². The zero-order valence-corrected chi connectivity index (χ0v) is 9.83. The molecule has 0 saturated carbocycles. The van der Waals surface area contributed by atoms with Gasteiger partial charge in [-0.15, -0.1) is 0 Å². The highest BCUT2D eigenvalue weighted by molar-refractivity contribution is 5.75. The van der Waals surface area contributed by atoms with Crippen molar-refractivity contribution >= 4 is 5.97 Å². The van der Waals surface area contributed by atoms with Crippen molar-refractivity contribution in [1.29, 1.82) is 0 Å². The third-order valence-corrected chi connectivity index (χ3v) is 3.15. The molecule has 1 aliphatic rings. The highest BCUT2D eigenvalue weighted by Gasteiger charge is 2.24. The molecule has 3 rings (SSSR count). The Hall–Kier alpha value is -2.17. The van der Waals surface area contributed by atoms with Gasteiger partial charge in [0.15, 0.2) is 0 Å². The summed E-state index contributed by atoms with van der Waals surface area (Å²) in [6.07, 6.45) is 3.68. The van der Waals surface area contributed by atoms with E-state index in [2.05, 4.69) is 10.1 Å². The van der Waals surface area contributed by atoms with Crippen LogP contribution in [0.2, 0.25) is 0 Å². The van der Waals surface area contributed by atoms with Crippen molar-refractivity contribution in [3.63, 3.8) is 0 Å². The minimum absolute atomic E-state index is 0.0497. The van der Waals surface area contributed by atoms with Crippen LogP contribution < -0.4 is 0 Å². The first-order valence-electron chi connectivity index (χ1n) is 5.97. The zero-order valence-electron chi connectivity index (χ0n) is 9.83. The standard InChI is InChI=1S/C13H13N3O2/c17-12(18)8-10-13(9-4-1-2-6-14-9)11-5-3-7-16(11)15-10/h1-2,4,6H,3,5,7-8H2,(H,17,18). The van der Waals surface area contributed by atoms with Gasteiger partial charge in [0, 0.05) is 24.0 Å². The first-order chi connectivity index (χ1) is 8.75. The molecule has 3 heterocycles. The van der Waals surface area contributed by atoms with E-state index in [1.165, 1.54) is 0 Å². The smallest absolute Gasteiger partial charge is 0.309 e. The Kier molecular flexibility index (Phi) is 2.59. The molecule has 5 nitrogen and oxygen atoms in total. The molecule has 0 fully saturated rings. The molecule has 0 spiro atoms. The minimum Gasteiger partial charge on any atom is -0.481 e. The summed E-state index contributed by atoms with van der Waals surface area (Å²) < 4.78 is 1.92. The van der Waals surface area contributed by atoms with E-state index in [4.69, 9.17) is 5.11 Å². The van der Waals surface area contributed by atoms with Gasteiger partial charge in [-0.1, -0.05) is 6.07 Å². The summed E-state index contributed by atoms with van der Waals surface area (Å²) in [5, 5.41) is 13.4. The molecular formula is C13H13N3O2. The second kappa shape index (κ2) is 4.25. The van der Waals surface area contributed by atoms with Crippen molar-refractivity contribution in [2.75, 3.05) is 0 Å². The summed E-state index contributed by atoms with van der Waals surface area (Å²) in [6, 6.07) is 5.66. The third-order valence-electron chi connectivity index (χ3n) is 3.15. The Morgan fingerprint density at radius 3 is 3.06 bits per heavy atom. The van der Waals surface area contributed by atoms with Crippen LogP contribution in [-0.4, -0.2) is 25.8 Å². The molecule has 0 aliphatic carbocycles. The van der Waals surface area contributed by atoms with Gasteiger partial charge in [-0.05, 0) is 25.0 Å². The highest BCUT2D eigenvalue weighted by atomic mass is 16.4. The maximum atomic E-state index is 10.9. The van der Waals surface area contributed by atoms with Crippen molar-refractivity contribution < 1.29 is 9.90 Å². The predicted molar refractivity (Wildman–Crippen MR) is 65.1 cm³/mol. The Balaban J connectivity index is 2.13. The van der Waals surface area contributed by atoms with E-state index in [0.29, 0.717) is 5.69 Å². The fraction of sp³-hybridized carbons (Fsp3) is 0.308. The third kappa shape index (κ3) is 1.77. The van der Waals surface area contributed by atoms with Crippen LogP contribution in [0.5, 0.6) is 0 Å². The number of carboxylic acids is 1. The van der Waals surface area contributed by atoms with Crippen LogP contribution >= 0.6 is 0 Å². The molecule has 2 aromatic heterocycles. The topological polar surface area (TPSA) is 68.0 Å². The van der Waals surface area contributed by atoms with Crippen LogP contribution in [-0.2, 0) is 24.2 Å². The van der Waals surface area contributed by atoms with Crippen LogP contribution in [0.25, 0.3) is 11.3 Å². The summed E-state index contributed by atoms with van der Waals surface area (Å²) in [6.45, 7) is 0.870. The average molecular weight is 243 g/mol. The van der Waals surface area contributed by atoms with Crippen molar-refractivity contribution in [2.45, 2.75) is 25.8 Å². The van der Waals surface area contributed by atoms with E-state index in [-0.39, 0.29) is 6.42 Å². The van der Waals surface area contributed by atoms with Gasteiger partial charge in [0.05, 0.1) is 17.8 Å². The lowest BCUT2D eigenvalue weighted by atomic mass is 10.0. The zero-order chi connectivity index (χ0) is 12.5. The molecule has 0 amide bonds. The van der Waals surface area contributed by atoms with Gasteiger partial charge in [0.1, 0.15) is 0 Å². The number of fused-ring (bicyclic) bond motifs is 1. The maximum Gasteiger partial charge on any atom is 0.309 e. The fourth-order valence-corrected chi connectivity index (χ4v) is 2.46. The molecule has 0 radical (unpaired) electrons. The number of carboxylic acid groups (broad SMARTS) is 1. The predicted octanol–water partition coefficient (Wildman–Crippen LogP) is 1.52. The largest absolute Gasteiger partial charge is 0.481 e. The van der Waals surface area contributed by atoms with E-state index < -0.39 is 5.97 Å². The molecular weight excluding hydrogens is 230 g/mol. The molecule has 2 aromatic rings. The second-order valence-corrected chi connectivity index (χ2v) is 4.38. The van der Waals surface area contributed by atoms with E-state index in [0.717, 1.165) is 36.3 Å². The SMILES string of the molecule is O=C(O)Cc1nn2c(c1-c1ccccn1)CCC2. The number of aromatic nitrogens is 3. The summed E-state index contributed by atoms with van der Waals surface area (Å²) in [4.78, 5) is 15.2. The first-order valence-corrected chi connectivity index (χ1v) is 5.97. The van der Waals surface area contributed by atoms with Gasteiger partial charge in [-0.25, -0.2) is 0 Å². The Labute approximate surface area is 104 Å². The molecule has 0 aromatic carbocycles. The number of rotatable bonds is 3. The van der Waals surface area contributed by atoms with E-state index in [1.807, 2.05) is 22.9 Å². The lowest BCUT2D eigenvalue weighted by Crippen LogP contribution is -2.04. The fourth-order valence-electron chi connectivity index (χ4n) is 2.46. The highest BCUT2D eigenvalue weighted by Crippen LogP contribution is 2.30. The Bertz CT molecular complexity index is 590. The van der Waals surface area contributed by atoms with Gasteiger partial charge in [0.2, 0.25) is 0 Å². The van der Waals surface area contributed by atoms with Gasteiger partial charge < -0.3 is 5.11 Å². The molecule has 0 bridgehead atoms. The number of pyridine rings is 1. The number of aryl methyl sites for hydroxylation is 1. The summed E-state index contributed by atoms with van der Waals surface area (Å²) in [5.41, 5.74) is 3.47. The maximum absolute atomic E-state index is 10.9. The molecule has 18 heavy (non-hydrogen) atoms. The molecule has 0 saturated heterocycles. The number of hydrogen-bond acceptors (Lipinski definition) is 3.